The highest BCUT2D eigenvalue weighted by atomic mass is 16.6. The van der Waals surface area contributed by atoms with E-state index in [0.29, 0.717) is 17.9 Å². The third kappa shape index (κ3) is 4.31. The molecule has 0 bridgehead atoms. The SMILES string of the molecule is C[C@H](O)Cc1ccc2c(c1)OC[C@H](C(=O)N[C@@H](C)c1ccccc1)O2. The Kier molecular flexibility index (Phi) is 5.24. The smallest absolute Gasteiger partial charge is 0.265 e. The molecule has 0 fully saturated rings. The Morgan fingerprint density at radius 1 is 1.20 bits per heavy atom. The molecular formula is C20H23NO4. The van der Waals surface area contributed by atoms with E-state index in [4.69, 9.17) is 9.47 Å². The van der Waals surface area contributed by atoms with Crippen LogP contribution in [-0.4, -0.2) is 29.8 Å². The minimum atomic E-state index is -0.679. The van der Waals surface area contributed by atoms with Crippen molar-refractivity contribution in [3.8, 4) is 11.5 Å². The number of amides is 1. The molecule has 0 radical (unpaired) electrons. The lowest BCUT2D eigenvalue weighted by atomic mass is 10.1. The van der Waals surface area contributed by atoms with E-state index in [1.807, 2.05) is 49.4 Å². The molecule has 5 heteroatoms. The molecule has 25 heavy (non-hydrogen) atoms. The van der Waals surface area contributed by atoms with E-state index in [2.05, 4.69) is 5.32 Å². The van der Waals surface area contributed by atoms with Gasteiger partial charge < -0.3 is 19.9 Å². The van der Waals surface area contributed by atoms with E-state index in [0.717, 1.165) is 11.1 Å². The Bertz CT molecular complexity index is 730. The summed E-state index contributed by atoms with van der Waals surface area (Å²) >= 11 is 0. The Hall–Kier alpha value is -2.53. The number of carbonyl (C=O) groups is 1. The molecule has 0 spiro atoms. The molecule has 0 aromatic heterocycles. The largest absolute Gasteiger partial charge is 0.485 e. The molecule has 2 aromatic carbocycles. The average molecular weight is 341 g/mol. The number of carbonyl (C=O) groups excluding carboxylic acids is 1. The minimum absolute atomic E-state index is 0.105. The molecule has 0 unspecified atom stereocenters. The van der Waals surface area contributed by atoms with E-state index in [1.165, 1.54) is 0 Å². The Morgan fingerprint density at radius 2 is 1.96 bits per heavy atom. The summed E-state index contributed by atoms with van der Waals surface area (Å²) in [6.07, 6.45) is -0.545. The highest BCUT2D eigenvalue weighted by Gasteiger charge is 2.28. The maximum absolute atomic E-state index is 12.5. The first kappa shape index (κ1) is 17.3. The molecule has 1 amide bonds. The first-order valence-corrected chi connectivity index (χ1v) is 8.48. The van der Waals surface area contributed by atoms with Crippen molar-refractivity contribution in [2.75, 3.05) is 6.61 Å². The van der Waals surface area contributed by atoms with Crippen LogP contribution >= 0.6 is 0 Å². The molecule has 2 N–H and O–H groups in total. The molecule has 1 aliphatic rings. The summed E-state index contributed by atoms with van der Waals surface area (Å²) in [5.74, 6) is 0.960. The quantitative estimate of drug-likeness (QED) is 0.877. The van der Waals surface area contributed by atoms with Crippen molar-refractivity contribution in [2.45, 2.75) is 38.5 Å². The Morgan fingerprint density at radius 3 is 2.68 bits per heavy atom. The van der Waals surface area contributed by atoms with E-state index in [1.54, 1.807) is 13.0 Å². The van der Waals surface area contributed by atoms with Gasteiger partial charge in [0.1, 0.15) is 6.61 Å². The van der Waals surface area contributed by atoms with Gasteiger partial charge in [0.2, 0.25) is 6.10 Å². The molecular weight excluding hydrogens is 318 g/mol. The van der Waals surface area contributed by atoms with Crippen molar-refractivity contribution in [2.24, 2.45) is 0 Å². The number of hydrogen-bond acceptors (Lipinski definition) is 4. The van der Waals surface area contributed by atoms with Gasteiger partial charge in [0.25, 0.3) is 5.91 Å². The number of aliphatic hydroxyl groups is 1. The fourth-order valence-electron chi connectivity index (χ4n) is 2.84. The maximum Gasteiger partial charge on any atom is 0.265 e. The molecule has 1 heterocycles. The zero-order valence-corrected chi connectivity index (χ0v) is 14.4. The van der Waals surface area contributed by atoms with Crippen LogP contribution < -0.4 is 14.8 Å². The number of rotatable bonds is 5. The second kappa shape index (κ2) is 7.57. The van der Waals surface area contributed by atoms with Crippen LogP contribution in [0.2, 0.25) is 0 Å². The van der Waals surface area contributed by atoms with Crippen molar-refractivity contribution in [3.05, 3.63) is 59.7 Å². The summed E-state index contributed by atoms with van der Waals surface area (Å²) in [7, 11) is 0. The van der Waals surface area contributed by atoms with Crippen LogP contribution in [-0.2, 0) is 11.2 Å². The van der Waals surface area contributed by atoms with Crippen LogP contribution in [0.15, 0.2) is 48.5 Å². The number of fused-ring (bicyclic) bond motifs is 1. The van der Waals surface area contributed by atoms with Gasteiger partial charge in [-0.3, -0.25) is 4.79 Å². The molecule has 132 valence electrons. The summed E-state index contributed by atoms with van der Waals surface area (Å²) in [5, 5.41) is 12.4. The van der Waals surface area contributed by atoms with Gasteiger partial charge >= 0.3 is 0 Å². The van der Waals surface area contributed by atoms with Gasteiger partial charge in [-0.1, -0.05) is 36.4 Å². The van der Waals surface area contributed by atoms with Crippen LogP contribution in [0.4, 0.5) is 0 Å². The third-order valence-corrected chi connectivity index (χ3v) is 4.15. The van der Waals surface area contributed by atoms with Gasteiger partial charge in [0, 0.05) is 0 Å². The average Bonchev–Trinajstić information content (AvgIpc) is 2.61. The highest BCUT2D eigenvalue weighted by molar-refractivity contribution is 5.82. The lowest BCUT2D eigenvalue weighted by Gasteiger charge is -2.27. The van der Waals surface area contributed by atoms with Crippen LogP contribution in [0.25, 0.3) is 0 Å². The first-order chi connectivity index (χ1) is 12.0. The molecule has 3 rings (SSSR count). The van der Waals surface area contributed by atoms with Crippen molar-refractivity contribution >= 4 is 5.91 Å². The molecule has 3 atom stereocenters. The van der Waals surface area contributed by atoms with E-state index < -0.39 is 12.2 Å². The topological polar surface area (TPSA) is 67.8 Å². The molecule has 1 aliphatic heterocycles. The van der Waals surface area contributed by atoms with Gasteiger partial charge in [0.05, 0.1) is 12.1 Å². The van der Waals surface area contributed by atoms with Crippen LogP contribution in [0.3, 0.4) is 0 Å². The molecule has 2 aromatic rings. The monoisotopic (exact) mass is 341 g/mol. The van der Waals surface area contributed by atoms with Gasteiger partial charge in [-0.25, -0.2) is 0 Å². The van der Waals surface area contributed by atoms with Gasteiger partial charge in [-0.15, -0.1) is 0 Å². The van der Waals surface area contributed by atoms with Crippen molar-refractivity contribution in [3.63, 3.8) is 0 Å². The maximum atomic E-state index is 12.5. The van der Waals surface area contributed by atoms with Crippen molar-refractivity contribution in [1.29, 1.82) is 0 Å². The van der Waals surface area contributed by atoms with E-state index in [9.17, 15) is 9.90 Å². The van der Waals surface area contributed by atoms with Crippen LogP contribution in [0.1, 0.15) is 31.0 Å². The minimum Gasteiger partial charge on any atom is -0.485 e. The van der Waals surface area contributed by atoms with Crippen LogP contribution in [0.5, 0.6) is 11.5 Å². The second-order valence-corrected chi connectivity index (χ2v) is 6.39. The Balaban J connectivity index is 1.63. The third-order valence-electron chi connectivity index (χ3n) is 4.15. The van der Waals surface area contributed by atoms with E-state index in [-0.39, 0.29) is 18.6 Å². The predicted octanol–water partition coefficient (Wildman–Crippen LogP) is 2.63. The standard InChI is InChI=1S/C20H23NO4/c1-13(22)10-15-8-9-17-18(11-15)24-12-19(25-17)20(23)21-14(2)16-6-4-3-5-7-16/h3-9,11,13-14,19,22H,10,12H2,1-2H3,(H,21,23)/t13-,14-,19+/m0/s1. The van der Waals surface area contributed by atoms with Crippen molar-refractivity contribution < 1.29 is 19.4 Å². The normalized spacial score (nSPS) is 18.3. The zero-order chi connectivity index (χ0) is 17.8. The second-order valence-electron chi connectivity index (χ2n) is 6.39. The number of benzene rings is 2. The predicted molar refractivity (Wildman–Crippen MR) is 94.7 cm³/mol. The number of aliphatic hydroxyl groups excluding tert-OH is 1. The lowest BCUT2D eigenvalue weighted by molar-refractivity contribution is -0.131. The molecule has 5 nitrogen and oxygen atoms in total. The molecule has 0 saturated heterocycles. The lowest BCUT2D eigenvalue weighted by Crippen LogP contribution is -2.44. The van der Waals surface area contributed by atoms with E-state index >= 15 is 0 Å². The number of nitrogens with one attached hydrogen (secondary N) is 1. The summed E-state index contributed by atoms with van der Waals surface area (Å²) in [5.41, 5.74) is 2.01. The molecule has 0 aliphatic carbocycles. The summed E-state index contributed by atoms with van der Waals surface area (Å²) in [6.45, 7) is 3.84. The summed E-state index contributed by atoms with van der Waals surface area (Å²) in [6, 6.07) is 15.2. The van der Waals surface area contributed by atoms with Crippen LogP contribution in [0, 0.1) is 0 Å². The zero-order valence-electron chi connectivity index (χ0n) is 14.4. The first-order valence-electron chi connectivity index (χ1n) is 8.48. The van der Waals surface area contributed by atoms with Crippen molar-refractivity contribution in [1.82, 2.24) is 5.32 Å². The fraction of sp³-hybridized carbons (Fsp3) is 0.350. The molecule has 0 saturated carbocycles. The fourth-order valence-corrected chi connectivity index (χ4v) is 2.84. The Labute approximate surface area is 147 Å². The summed E-state index contributed by atoms with van der Waals surface area (Å²) in [4.78, 5) is 12.5. The van der Waals surface area contributed by atoms with Gasteiger partial charge in [0.15, 0.2) is 11.5 Å². The number of ether oxygens (including phenoxy) is 2. The summed E-state index contributed by atoms with van der Waals surface area (Å²) < 4.78 is 11.5. The highest BCUT2D eigenvalue weighted by Crippen LogP contribution is 2.33. The number of hydrogen-bond donors (Lipinski definition) is 2. The van der Waals surface area contributed by atoms with Gasteiger partial charge in [-0.05, 0) is 43.5 Å². The van der Waals surface area contributed by atoms with Gasteiger partial charge in [-0.2, -0.15) is 0 Å².